The van der Waals surface area contributed by atoms with Crippen molar-refractivity contribution in [1.29, 1.82) is 0 Å². The van der Waals surface area contributed by atoms with Crippen molar-refractivity contribution < 1.29 is 18.0 Å². The van der Waals surface area contributed by atoms with Crippen molar-refractivity contribution in [3.05, 3.63) is 65.7 Å². The van der Waals surface area contributed by atoms with Gasteiger partial charge in [-0.25, -0.2) is 12.7 Å². The fourth-order valence-electron chi connectivity index (χ4n) is 4.35. The molecule has 7 nitrogen and oxygen atoms in total. The second-order valence-electron chi connectivity index (χ2n) is 7.84. The van der Waals surface area contributed by atoms with Gasteiger partial charge in [0.2, 0.25) is 5.91 Å². The number of piperidine rings is 1. The second kappa shape index (κ2) is 8.20. The number of hydrogen-bond donors (Lipinski definition) is 1. The summed E-state index contributed by atoms with van der Waals surface area (Å²) in [6, 6.07) is 15.0. The number of nitrogens with two attached hydrogens (primary N) is 1. The van der Waals surface area contributed by atoms with Crippen LogP contribution in [-0.4, -0.2) is 49.1 Å². The summed E-state index contributed by atoms with van der Waals surface area (Å²) in [5.74, 6) is -0.837. The number of carbonyl (C=O) groups excluding carboxylic acids is 2. The zero-order chi connectivity index (χ0) is 21.3. The molecule has 2 aliphatic rings. The van der Waals surface area contributed by atoms with Crippen LogP contribution >= 0.6 is 0 Å². The minimum Gasteiger partial charge on any atom is -0.369 e. The Labute approximate surface area is 176 Å². The van der Waals surface area contributed by atoms with E-state index >= 15 is 0 Å². The molecule has 30 heavy (non-hydrogen) atoms. The number of hydrogen-bond acceptors (Lipinski definition) is 5. The van der Waals surface area contributed by atoms with Gasteiger partial charge >= 0.3 is 0 Å². The molecule has 1 fully saturated rings. The molecule has 1 atom stereocenters. The van der Waals surface area contributed by atoms with Gasteiger partial charge in [-0.05, 0) is 50.0 Å². The Morgan fingerprint density at radius 3 is 2.30 bits per heavy atom. The summed E-state index contributed by atoms with van der Waals surface area (Å²) in [6.45, 7) is 2.09. The van der Waals surface area contributed by atoms with E-state index in [2.05, 4.69) is 4.90 Å². The summed E-state index contributed by atoms with van der Waals surface area (Å²) in [5, 5.41) is 0. The summed E-state index contributed by atoms with van der Waals surface area (Å²) >= 11 is 0. The van der Waals surface area contributed by atoms with E-state index in [-0.39, 0.29) is 22.3 Å². The third kappa shape index (κ3) is 3.73. The van der Waals surface area contributed by atoms with Crippen molar-refractivity contribution in [2.45, 2.75) is 30.2 Å². The van der Waals surface area contributed by atoms with Crippen LogP contribution in [0.15, 0.2) is 59.5 Å². The fourth-order valence-corrected chi connectivity index (χ4v) is 6.13. The average molecular weight is 428 g/mol. The molecule has 1 unspecified atom stereocenters. The van der Waals surface area contributed by atoms with E-state index in [1.165, 1.54) is 6.07 Å². The lowest BCUT2D eigenvalue weighted by atomic mass is 9.95. The number of likely N-dealkylation sites (tertiary alicyclic amines) is 1. The van der Waals surface area contributed by atoms with E-state index in [9.17, 15) is 18.0 Å². The number of benzene rings is 2. The summed E-state index contributed by atoms with van der Waals surface area (Å²) in [4.78, 5) is 26.7. The second-order valence-corrected chi connectivity index (χ2v) is 9.62. The Hall–Kier alpha value is -2.71. The molecule has 158 valence electrons. The Morgan fingerprint density at radius 1 is 1.03 bits per heavy atom. The third-order valence-electron chi connectivity index (χ3n) is 6.03. The average Bonchev–Trinajstić information content (AvgIpc) is 2.96. The van der Waals surface area contributed by atoms with E-state index in [1.54, 1.807) is 18.2 Å². The molecule has 2 N–H and O–H groups in total. The molecule has 2 aromatic carbocycles. The summed E-state index contributed by atoms with van der Waals surface area (Å²) in [7, 11) is -3.91. The van der Waals surface area contributed by atoms with Gasteiger partial charge in [-0.15, -0.1) is 0 Å². The highest BCUT2D eigenvalue weighted by Crippen LogP contribution is 2.38. The van der Waals surface area contributed by atoms with Crippen molar-refractivity contribution >= 4 is 21.8 Å². The maximum Gasteiger partial charge on any atom is 0.269 e. The number of sulfonamides is 1. The van der Waals surface area contributed by atoms with Crippen LogP contribution in [0.5, 0.6) is 0 Å². The third-order valence-corrected chi connectivity index (χ3v) is 7.88. The summed E-state index contributed by atoms with van der Waals surface area (Å²) in [5.41, 5.74) is 6.42. The molecule has 0 saturated carbocycles. The Balaban J connectivity index is 1.58. The van der Waals surface area contributed by atoms with Crippen molar-refractivity contribution in [2.75, 3.05) is 19.6 Å². The van der Waals surface area contributed by atoms with Gasteiger partial charge < -0.3 is 10.6 Å². The van der Waals surface area contributed by atoms with Crippen LogP contribution in [0.4, 0.5) is 0 Å². The standard InChI is InChI=1S/C22H25N3O4S/c23-21(26)17-10-13-24(14-11-17)15-12-19(16-6-2-1-3-7-16)25-22(27)18-8-4-5-9-20(18)30(25,28)29/h1-9,17,19H,10-15H2,(H2,23,26). The zero-order valence-electron chi connectivity index (χ0n) is 16.6. The first-order chi connectivity index (χ1) is 14.4. The Morgan fingerprint density at radius 2 is 1.67 bits per heavy atom. The van der Waals surface area contributed by atoms with Crippen LogP contribution in [0, 0.1) is 5.92 Å². The number of carbonyl (C=O) groups is 2. The van der Waals surface area contributed by atoms with E-state index < -0.39 is 22.0 Å². The molecule has 2 heterocycles. The minimum atomic E-state index is -3.91. The van der Waals surface area contributed by atoms with Crippen LogP contribution in [0.3, 0.4) is 0 Å². The van der Waals surface area contributed by atoms with Crippen LogP contribution in [0.2, 0.25) is 0 Å². The highest BCUT2D eigenvalue weighted by Gasteiger charge is 2.45. The van der Waals surface area contributed by atoms with Crippen molar-refractivity contribution in [3.63, 3.8) is 0 Å². The minimum absolute atomic E-state index is 0.0678. The quantitative estimate of drug-likeness (QED) is 0.761. The van der Waals surface area contributed by atoms with Crippen molar-refractivity contribution in [1.82, 2.24) is 9.21 Å². The zero-order valence-corrected chi connectivity index (χ0v) is 17.4. The van der Waals surface area contributed by atoms with Crippen LogP contribution in [0.25, 0.3) is 0 Å². The van der Waals surface area contributed by atoms with Gasteiger partial charge in [0.1, 0.15) is 4.90 Å². The Bertz CT molecular complexity index is 1050. The molecule has 2 aromatic rings. The SMILES string of the molecule is NC(=O)C1CCN(CCC(c2ccccc2)N2C(=O)c3ccccc3S2(=O)=O)CC1. The molecule has 8 heteroatoms. The first-order valence-electron chi connectivity index (χ1n) is 10.1. The predicted molar refractivity (Wildman–Crippen MR) is 112 cm³/mol. The number of amides is 2. The Kier molecular flexibility index (Phi) is 5.62. The van der Waals surface area contributed by atoms with Gasteiger partial charge in [0, 0.05) is 12.5 Å². The van der Waals surface area contributed by atoms with E-state index in [0.29, 0.717) is 25.8 Å². The van der Waals surface area contributed by atoms with Crippen molar-refractivity contribution in [2.24, 2.45) is 11.7 Å². The van der Waals surface area contributed by atoms with E-state index in [0.717, 1.165) is 23.0 Å². The largest absolute Gasteiger partial charge is 0.369 e. The fraction of sp³-hybridized carbons (Fsp3) is 0.364. The lowest BCUT2D eigenvalue weighted by Gasteiger charge is -2.33. The van der Waals surface area contributed by atoms with Crippen LogP contribution in [-0.2, 0) is 14.8 Å². The summed E-state index contributed by atoms with van der Waals surface area (Å²) in [6.07, 6.45) is 1.89. The van der Waals surface area contributed by atoms with Gasteiger partial charge in [-0.1, -0.05) is 42.5 Å². The number of nitrogens with zero attached hydrogens (tertiary/aromatic N) is 2. The van der Waals surface area contributed by atoms with E-state index in [1.807, 2.05) is 30.3 Å². The molecular formula is C22H25N3O4S. The smallest absolute Gasteiger partial charge is 0.269 e. The predicted octanol–water partition coefficient (Wildman–Crippen LogP) is 2.16. The van der Waals surface area contributed by atoms with Crippen LogP contribution < -0.4 is 5.73 Å². The molecule has 0 radical (unpaired) electrons. The lowest BCUT2D eigenvalue weighted by Crippen LogP contribution is -2.41. The molecule has 4 rings (SSSR count). The van der Waals surface area contributed by atoms with E-state index in [4.69, 9.17) is 5.73 Å². The van der Waals surface area contributed by atoms with Gasteiger partial charge in [0.15, 0.2) is 0 Å². The molecule has 0 aliphatic carbocycles. The van der Waals surface area contributed by atoms with Gasteiger partial charge in [0.25, 0.3) is 15.9 Å². The molecule has 0 bridgehead atoms. The first-order valence-corrected chi connectivity index (χ1v) is 11.6. The summed E-state index contributed by atoms with van der Waals surface area (Å²) < 4.78 is 27.5. The molecule has 1 saturated heterocycles. The normalized spacial score (nSPS) is 20.1. The number of primary amides is 1. The molecular weight excluding hydrogens is 402 g/mol. The highest BCUT2D eigenvalue weighted by molar-refractivity contribution is 7.90. The molecule has 2 aliphatic heterocycles. The van der Waals surface area contributed by atoms with Gasteiger partial charge in [0.05, 0.1) is 11.6 Å². The maximum absolute atomic E-state index is 13.2. The monoisotopic (exact) mass is 427 g/mol. The lowest BCUT2D eigenvalue weighted by molar-refractivity contribution is -0.123. The number of fused-ring (bicyclic) bond motifs is 1. The molecule has 0 spiro atoms. The van der Waals surface area contributed by atoms with Crippen LogP contribution in [0.1, 0.15) is 41.2 Å². The molecule has 0 aromatic heterocycles. The topological polar surface area (TPSA) is 101 Å². The maximum atomic E-state index is 13.2. The highest BCUT2D eigenvalue weighted by atomic mass is 32.2. The van der Waals surface area contributed by atoms with Gasteiger partial charge in [-0.3, -0.25) is 9.59 Å². The molecule has 2 amide bonds. The first kappa shape index (κ1) is 20.6. The van der Waals surface area contributed by atoms with Crippen molar-refractivity contribution in [3.8, 4) is 0 Å². The number of rotatable bonds is 6. The van der Waals surface area contributed by atoms with Gasteiger partial charge in [-0.2, -0.15) is 0 Å².